The molecule has 17 heavy (non-hydrogen) atoms. The third-order valence-electron chi connectivity index (χ3n) is 3.08. The van der Waals surface area contributed by atoms with E-state index in [2.05, 4.69) is 10.1 Å². The monoisotopic (exact) mass is 251 g/mol. The Labute approximate surface area is 105 Å². The summed E-state index contributed by atoms with van der Waals surface area (Å²) in [6, 6.07) is 0. The van der Waals surface area contributed by atoms with Gasteiger partial charge in [-0.05, 0) is 20.8 Å². The van der Waals surface area contributed by atoms with Crippen LogP contribution in [-0.4, -0.2) is 19.9 Å². The summed E-state index contributed by atoms with van der Waals surface area (Å²) in [5.41, 5.74) is 5.92. The number of aryl methyl sites for hydroxylation is 4. The topological polar surface area (TPSA) is 50.9 Å². The van der Waals surface area contributed by atoms with Crippen LogP contribution in [-0.2, 0) is 19.6 Å². The molecule has 2 heterocycles. The Morgan fingerprint density at radius 1 is 1.29 bits per heavy atom. The van der Waals surface area contributed by atoms with Crippen molar-refractivity contribution in [1.29, 1.82) is 0 Å². The Morgan fingerprint density at radius 3 is 2.59 bits per heavy atom. The van der Waals surface area contributed by atoms with Gasteiger partial charge < -0.3 is 5.11 Å². The lowest BCUT2D eigenvalue weighted by Crippen LogP contribution is -2.05. The van der Waals surface area contributed by atoms with Crippen LogP contribution in [0.25, 0.3) is 0 Å². The van der Waals surface area contributed by atoms with Crippen molar-refractivity contribution in [3.63, 3.8) is 0 Å². The van der Waals surface area contributed by atoms with Gasteiger partial charge in [-0.2, -0.15) is 5.10 Å². The quantitative estimate of drug-likeness (QED) is 0.904. The first-order valence-corrected chi connectivity index (χ1v) is 6.54. The highest BCUT2D eigenvalue weighted by atomic mass is 32.1. The smallest absolute Gasteiger partial charge is 0.0797 e. The van der Waals surface area contributed by atoms with E-state index in [0.717, 1.165) is 35.6 Å². The molecule has 1 N–H and O–H groups in total. The van der Waals surface area contributed by atoms with Gasteiger partial charge in [-0.3, -0.25) is 4.68 Å². The zero-order chi connectivity index (χ0) is 12.4. The van der Waals surface area contributed by atoms with Crippen LogP contribution in [0, 0.1) is 20.8 Å². The van der Waals surface area contributed by atoms with Crippen LogP contribution in [0.1, 0.15) is 27.5 Å². The van der Waals surface area contributed by atoms with Crippen molar-refractivity contribution in [2.24, 2.45) is 0 Å². The number of nitrogens with zero attached hydrogens (tertiary/aromatic N) is 3. The standard InChI is InChI=1S/C12H17N3OS/c1-8-11(6-16)10(3)15(14-8)5-4-12-9(2)13-7-17-12/h7,16H,4-6H2,1-3H3. The fourth-order valence-corrected chi connectivity index (χ4v) is 2.72. The molecule has 92 valence electrons. The van der Waals surface area contributed by atoms with E-state index in [-0.39, 0.29) is 6.61 Å². The van der Waals surface area contributed by atoms with E-state index in [1.54, 1.807) is 11.3 Å². The highest BCUT2D eigenvalue weighted by Crippen LogP contribution is 2.16. The van der Waals surface area contributed by atoms with Gasteiger partial charge in [-0.1, -0.05) is 0 Å². The normalized spacial score (nSPS) is 11.1. The predicted molar refractivity (Wildman–Crippen MR) is 68.2 cm³/mol. The summed E-state index contributed by atoms with van der Waals surface area (Å²) in [6.45, 7) is 6.89. The van der Waals surface area contributed by atoms with Gasteiger partial charge in [0.2, 0.25) is 0 Å². The van der Waals surface area contributed by atoms with E-state index < -0.39 is 0 Å². The lowest BCUT2D eigenvalue weighted by Gasteiger charge is -2.04. The Hall–Kier alpha value is -1.20. The lowest BCUT2D eigenvalue weighted by molar-refractivity contribution is 0.280. The van der Waals surface area contributed by atoms with E-state index in [1.807, 2.05) is 31.0 Å². The molecule has 0 bridgehead atoms. The molecule has 0 aliphatic carbocycles. The first-order valence-electron chi connectivity index (χ1n) is 5.66. The van der Waals surface area contributed by atoms with Crippen LogP contribution in [0.4, 0.5) is 0 Å². The number of rotatable bonds is 4. The SMILES string of the molecule is Cc1ncsc1CCn1nc(C)c(CO)c1C. The van der Waals surface area contributed by atoms with Gasteiger partial charge in [-0.25, -0.2) is 4.98 Å². The van der Waals surface area contributed by atoms with Gasteiger partial charge >= 0.3 is 0 Å². The second-order valence-corrected chi connectivity index (χ2v) is 5.08. The molecule has 0 radical (unpaired) electrons. The fourth-order valence-electron chi connectivity index (χ4n) is 1.95. The number of aliphatic hydroxyl groups is 1. The first-order chi connectivity index (χ1) is 8.13. The van der Waals surface area contributed by atoms with Crippen molar-refractivity contribution in [2.45, 2.75) is 40.3 Å². The summed E-state index contributed by atoms with van der Waals surface area (Å²) in [6.07, 6.45) is 0.948. The van der Waals surface area contributed by atoms with Crippen molar-refractivity contribution >= 4 is 11.3 Å². The Balaban J connectivity index is 2.12. The molecule has 0 saturated carbocycles. The van der Waals surface area contributed by atoms with Crippen molar-refractivity contribution in [2.75, 3.05) is 0 Å². The molecule has 0 atom stereocenters. The van der Waals surface area contributed by atoms with E-state index >= 15 is 0 Å². The summed E-state index contributed by atoms with van der Waals surface area (Å²) in [7, 11) is 0. The van der Waals surface area contributed by atoms with Crippen molar-refractivity contribution < 1.29 is 5.11 Å². The minimum atomic E-state index is 0.0667. The van der Waals surface area contributed by atoms with Crippen LogP contribution >= 0.6 is 11.3 Å². The summed E-state index contributed by atoms with van der Waals surface area (Å²) >= 11 is 1.69. The maximum absolute atomic E-state index is 9.25. The van der Waals surface area contributed by atoms with E-state index in [1.165, 1.54) is 4.88 Å². The second kappa shape index (κ2) is 4.98. The van der Waals surface area contributed by atoms with Gasteiger partial charge in [0.25, 0.3) is 0 Å². The molecule has 5 heteroatoms. The molecule has 0 fully saturated rings. The van der Waals surface area contributed by atoms with Gasteiger partial charge in [0.05, 0.1) is 23.5 Å². The highest BCUT2D eigenvalue weighted by molar-refractivity contribution is 7.09. The molecule has 0 aliphatic heterocycles. The molecular weight excluding hydrogens is 234 g/mol. The van der Waals surface area contributed by atoms with E-state index in [4.69, 9.17) is 0 Å². The molecule has 0 unspecified atom stereocenters. The Morgan fingerprint density at radius 2 is 2.06 bits per heavy atom. The number of hydrogen-bond donors (Lipinski definition) is 1. The largest absolute Gasteiger partial charge is 0.392 e. The molecular formula is C12H17N3OS. The van der Waals surface area contributed by atoms with Gasteiger partial charge in [-0.15, -0.1) is 11.3 Å². The Kier molecular flexibility index (Phi) is 3.59. The van der Waals surface area contributed by atoms with Crippen LogP contribution in [0.5, 0.6) is 0 Å². The summed E-state index contributed by atoms with van der Waals surface area (Å²) in [5.74, 6) is 0. The summed E-state index contributed by atoms with van der Waals surface area (Å²) in [4.78, 5) is 5.55. The van der Waals surface area contributed by atoms with Crippen molar-refractivity contribution in [3.8, 4) is 0 Å². The predicted octanol–water partition coefficient (Wildman–Crippen LogP) is 2.00. The lowest BCUT2D eigenvalue weighted by atomic mass is 10.2. The minimum absolute atomic E-state index is 0.0667. The average Bonchev–Trinajstić information content (AvgIpc) is 2.81. The molecule has 2 aromatic heterocycles. The van der Waals surface area contributed by atoms with Crippen molar-refractivity contribution in [1.82, 2.24) is 14.8 Å². The molecule has 0 aliphatic rings. The average molecular weight is 251 g/mol. The van der Waals surface area contributed by atoms with Crippen LogP contribution in [0.3, 0.4) is 0 Å². The van der Waals surface area contributed by atoms with Gasteiger partial charge in [0.15, 0.2) is 0 Å². The highest BCUT2D eigenvalue weighted by Gasteiger charge is 2.10. The molecule has 0 aromatic carbocycles. The Bertz CT molecular complexity index is 516. The number of aromatic nitrogens is 3. The van der Waals surface area contributed by atoms with Gasteiger partial charge in [0.1, 0.15) is 0 Å². The third kappa shape index (κ3) is 2.40. The number of thiazole rings is 1. The zero-order valence-corrected chi connectivity index (χ0v) is 11.2. The first kappa shape index (κ1) is 12.3. The molecule has 0 spiro atoms. The van der Waals surface area contributed by atoms with E-state index in [9.17, 15) is 5.11 Å². The summed E-state index contributed by atoms with van der Waals surface area (Å²) < 4.78 is 1.97. The minimum Gasteiger partial charge on any atom is -0.392 e. The maximum atomic E-state index is 9.25. The molecule has 0 amide bonds. The molecule has 2 aromatic rings. The number of hydrogen-bond acceptors (Lipinski definition) is 4. The van der Waals surface area contributed by atoms with Crippen LogP contribution in [0.15, 0.2) is 5.51 Å². The molecule has 2 rings (SSSR count). The number of aliphatic hydroxyl groups excluding tert-OH is 1. The maximum Gasteiger partial charge on any atom is 0.0797 e. The molecule has 0 saturated heterocycles. The van der Waals surface area contributed by atoms with Crippen LogP contribution < -0.4 is 0 Å². The van der Waals surface area contributed by atoms with Gasteiger partial charge in [0, 0.05) is 29.1 Å². The van der Waals surface area contributed by atoms with Crippen LogP contribution in [0.2, 0.25) is 0 Å². The second-order valence-electron chi connectivity index (χ2n) is 4.14. The van der Waals surface area contributed by atoms with E-state index in [0.29, 0.717) is 0 Å². The van der Waals surface area contributed by atoms with Crippen molar-refractivity contribution in [3.05, 3.63) is 33.0 Å². The third-order valence-corrected chi connectivity index (χ3v) is 4.08. The zero-order valence-electron chi connectivity index (χ0n) is 10.4. The fraction of sp³-hybridized carbons (Fsp3) is 0.500. The summed E-state index contributed by atoms with van der Waals surface area (Å²) in [5, 5.41) is 13.7. The molecule has 4 nitrogen and oxygen atoms in total.